The number of ether oxygens (including phenoxy) is 1. The van der Waals surface area contributed by atoms with E-state index in [9.17, 15) is 4.79 Å². The van der Waals surface area contributed by atoms with Crippen molar-refractivity contribution in [1.29, 1.82) is 0 Å². The van der Waals surface area contributed by atoms with E-state index in [4.69, 9.17) is 16.3 Å². The van der Waals surface area contributed by atoms with E-state index in [2.05, 4.69) is 11.9 Å². The number of likely N-dealkylation sites (N-methyl/N-ethyl adjacent to an activating group) is 1. The second kappa shape index (κ2) is 9.80. The number of rotatable bonds is 7. The van der Waals surface area contributed by atoms with Gasteiger partial charge in [0, 0.05) is 12.1 Å². The van der Waals surface area contributed by atoms with Crippen molar-refractivity contribution >= 4 is 46.2 Å². The van der Waals surface area contributed by atoms with Gasteiger partial charge >= 0.3 is 0 Å². The monoisotopic (exact) mass is 414 g/mol. The minimum atomic E-state index is -0.0540. The van der Waals surface area contributed by atoms with Crippen LogP contribution in [0.25, 0.3) is 6.08 Å². The van der Waals surface area contributed by atoms with Crippen molar-refractivity contribution < 1.29 is 9.53 Å². The van der Waals surface area contributed by atoms with Crippen molar-refractivity contribution in [2.45, 2.75) is 26.7 Å². The summed E-state index contributed by atoms with van der Waals surface area (Å²) in [6.45, 7) is 5.27. The van der Waals surface area contributed by atoms with E-state index >= 15 is 0 Å². The van der Waals surface area contributed by atoms with E-state index < -0.39 is 0 Å². The van der Waals surface area contributed by atoms with Gasteiger partial charge in [-0.15, -0.1) is 0 Å². The predicted octanol–water partition coefficient (Wildman–Crippen LogP) is 6.14. The molecule has 3 rings (SSSR count). The van der Waals surface area contributed by atoms with Gasteiger partial charge in [0.1, 0.15) is 5.75 Å². The van der Waals surface area contributed by atoms with Crippen LogP contribution >= 0.6 is 23.4 Å². The Bertz CT molecular complexity index is 911. The van der Waals surface area contributed by atoms with E-state index in [1.54, 1.807) is 11.0 Å². The molecule has 6 heteroatoms. The maximum absolute atomic E-state index is 12.9. The van der Waals surface area contributed by atoms with Crippen molar-refractivity contribution in [3.63, 3.8) is 0 Å². The Kier molecular flexibility index (Phi) is 7.18. The molecule has 0 aromatic heterocycles. The van der Waals surface area contributed by atoms with Gasteiger partial charge in [0.2, 0.25) is 0 Å². The van der Waals surface area contributed by atoms with Gasteiger partial charge in [-0.1, -0.05) is 55.3 Å². The first-order chi connectivity index (χ1) is 13.6. The molecule has 0 spiro atoms. The van der Waals surface area contributed by atoms with Gasteiger partial charge < -0.3 is 4.74 Å². The van der Waals surface area contributed by atoms with Crippen LogP contribution in [0.3, 0.4) is 0 Å². The molecule has 1 amide bonds. The van der Waals surface area contributed by atoms with Gasteiger partial charge in [0.05, 0.1) is 22.2 Å². The zero-order valence-corrected chi connectivity index (χ0v) is 17.6. The summed E-state index contributed by atoms with van der Waals surface area (Å²) in [5.74, 6) is 0.734. The second-order valence-electron chi connectivity index (χ2n) is 6.25. The molecule has 4 nitrogen and oxygen atoms in total. The van der Waals surface area contributed by atoms with Crippen LogP contribution in [0, 0.1) is 0 Å². The minimum absolute atomic E-state index is 0.0540. The Labute approximate surface area is 175 Å². The van der Waals surface area contributed by atoms with E-state index in [1.165, 1.54) is 11.8 Å². The van der Waals surface area contributed by atoms with Crippen LogP contribution in [-0.4, -0.2) is 29.1 Å². The number of aliphatic imine (C=N–C) groups is 1. The maximum Gasteiger partial charge on any atom is 0.266 e. The molecule has 146 valence electrons. The normalized spacial score (nSPS) is 17.0. The third-order valence-electron chi connectivity index (χ3n) is 4.23. The number of amides is 1. The summed E-state index contributed by atoms with van der Waals surface area (Å²) in [7, 11) is 0. The molecule has 1 saturated heterocycles. The van der Waals surface area contributed by atoms with E-state index in [0.29, 0.717) is 33.9 Å². The van der Waals surface area contributed by atoms with E-state index in [1.807, 2.05) is 55.5 Å². The lowest BCUT2D eigenvalue weighted by atomic mass is 10.2. The summed E-state index contributed by atoms with van der Waals surface area (Å²) < 4.78 is 5.89. The molecule has 0 unspecified atom stereocenters. The third kappa shape index (κ3) is 4.78. The number of amidine groups is 1. The smallest absolute Gasteiger partial charge is 0.266 e. The molecular weight excluding hydrogens is 392 g/mol. The van der Waals surface area contributed by atoms with E-state index in [0.717, 1.165) is 24.2 Å². The summed E-state index contributed by atoms with van der Waals surface area (Å²) in [5.41, 5.74) is 1.55. The number of para-hydroxylation sites is 2. The molecule has 0 aliphatic carbocycles. The molecule has 0 radical (unpaired) electrons. The second-order valence-corrected chi connectivity index (χ2v) is 7.66. The number of unbranched alkanes of at least 4 members (excludes halogenated alkanes) is 1. The van der Waals surface area contributed by atoms with Crippen molar-refractivity contribution in [2.75, 3.05) is 13.2 Å². The lowest BCUT2D eigenvalue weighted by Crippen LogP contribution is -2.28. The Morgan fingerprint density at radius 3 is 2.64 bits per heavy atom. The van der Waals surface area contributed by atoms with Crippen molar-refractivity contribution in [3.8, 4) is 5.75 Å². The van der Waals surface area contributed by atoms with Gasteiger partial charge in [-0.25, -0.2) is 4.99 Å². The van der Waals surface area contributed by atoms with Gasteiger partial charge in [-0.2, -0.15) is 0 Å². The Morgan fingerprint density at radius 2 is 1.89 bits per heavy atom. The molecule has 1 aliphatic heterocycles. The fourth-order valence-corrected chi connectivity index (χ4v) is 3.94. The number of thioether (sulfide) groups is 1. The first kappa shape index (κ1) is 20.5. The maximum atomic E-state index is 12.9. The first-order valence-corrected chi connectivity index (χ1v) is 10.6. The topological polar surface area (TPSA) is 41.9 Å². The van der Waals surface area contributed by atoms with Gasteiger partial charge in [-0.05, 0) is 49.4 Å². The molecule has 1 heterocycles. The van der Waals surface area contributed by atoms with E-state index in [-0.39, 0.29) is 5.91 Å². The number of hydrogen-bond acceptors (Lipinski definition) is 4. The van der Waals surface area contributed by atoms with Gasteiger partial charge in [0.15, 0.2) is 5.17 Å². The van der Waals surface area contributed by atoms with Crippen LogP contribution in [-0.2, 0) is 4.79 Å². The number of carbonyl (C=O) groups excluding carboxylic acids is 1. The molecule has 0 atom stereocenters. The van der Waals surface area contributed by atoms with Crippen LogP contribution in [0.15, 0.2) is 58.4 Å². The summed E-state index contributed by atoms with van der Waals surface area (Å²) in [5, 5.41) is 1.20. The van der Waals surface area contributed by atoms with Crippen LogP contribution in [0.1, 0.15) is 32.3 Å². The molecule has 0 saturated carbocycles. The number of benzene rings is 2. The number of carbonyl (C=O) groups is 1. The molecule has 0 N–H and O–H groups in total. The van der Waals surface area contributed by atoms with Crippen LogP contribution in [0.4, 0.5) is 5.69 Å². The highest BCUT2D eigenvalue weighted by Gasteiger charge is 2.32. The van der Waals surface area contributed by atoms with Crippen molar-refractivity contribution in [3.05, 3.63) is 64.0 Å². The zero-order chi connectivity index (χ0) is 19.9. The molecular formula is C22H23ClN2O2S. The number of hydrogen-bond donors (Lipinski definition) is 0. The first-order valence-electron chi connectivity index (χ1n) is 9.40. The largest absolute Gasteiger partial charge is 0.493 e. The summed E-state index contributed by atoms with van der Waals surface area (Å²) >= 11 is 7.59. The van der Waals surface area contributed by atoms with Crippen molar-refractivity contribution in [2.24, 2.45) is 4.99 Å². The molecule has 2 aromatic rings. The van der Waals surface area contributed by atoms with Gasteiger partial charge in [-0.3, -0.25) is 9.69 Å². The molecule has 1 aliphatic rings. The SMILES string of the molecule is CCCCOc1ccccc1/C=C1/SC(=Nc2ccccc2Cl)N(CC)C1=O. The summed E-state index contributed by atoms with van der Waals surface area (Å²) in [4.78, 5) is 19.8. The standard InChI is InChI=1S/C22H23ClN2O2S/c1-3-5-14-27-19-13-9-6-10-16(19)15-20-21(26)25(4-2)22(28-20)24-18-12-8-7-11-17(18)23/h6-13,15H,3-5,14H2,1-2H3/b20-15+,24-22?. The highest BCUT2D eigenvalue weighted by molar-refractivity contribution is 8.18. The highest BCUT2D eigenvalue weighted by Crippen LogP contribution is 2.36. The number of halogens is 1. The molecule has 2 aromatic carbocycles. The molecule has 1 fully saturated rings. The predicted molar refractivity (Wildman–Crippen MR) is 118 cm³/mol. The minimum Gasteiger partial charge on any atom is -0.493 e. The average Bonchev–Trinajstić information content (AvgIpc) is 2.99. The Hall–Kier alpha value is -2.24. The average molecular weight is 415 g/mol. The molecule has 0 bridgehead atoms. The lowest BCUT2D eigenvalue weighted by Gasteiger charge is -2.12. The van der Waals surface area contributed by atoms with Gasteiger partial charge in [0.25, 0.3) is 5.91 Å². The fourth-order valence-electron chi connectivity index (χ4n) is 2.71. The van der Waals surface area contributed by atoms with Crippen LogP contribution < -0.4 is 4.74 Å². The fraction of sp³-hybridized carbons (Fsp3) is 0.273. The lowest BCUT2D eigenvalue weighted by molar-refractivity contribution is -0.122. The van der Waals surface area contributed by atoms with Crippen molar-refractivity contribution in [1.82, 2.24) is 4.90 Å². The zero-order valence-electron chi connectivity index (χ0n) is 16.0. The van der Waals surface area contributed by atoms with Crippen LogP contribution in [0.2, 0.25) is 5.02 Å². The quantitative estimate of drug-likeness (QED) is 0.403. The summed E-state index contributed by atoms with van der Waals surface area (Å²) in [6, 6.07) is 15.1. The Morgan fingerprint density at radius 1 is 1.14 bits per heavy atom. The molecule has 28 heavy (non-hydrogen) atoms. The third-order valence-corrected chi connectivity index (χ3v) is 5.56. The number of nitrogens with zero attached hydrogens (tertiary/aromatic N) is 2. The highest BCUT2D eigenvalue weighted by atomic mass is 35.5. The summed E-state index contributed by atoms with van der Waals surface area (Å²) in [6.07, 6.45) is 3.95. The van der Waals surface area contributed by atoms with Crippen LogP contribution in [0.5, 0.6) is 5.75 Å². The Balaban J connectivity index is 1.90.